The lowest BCUT2D eigenvalue weighted by atomic mass is 10.2. The normalized spacial score (nSPS) is 11.3. The van der Waals surface area contributed by atoms with Crippen molar-refractivity contribution in [2.24, 2.45) is 0 Å². The summed E-state index contributed by atoms with van der Waals surface area (Å²) in [7, 11) is -3.66. The molecule has 0 unspecified atom stereocenters. The Morgan fingerprint density at radius 2 is 1.70 bits per heavy atom. The van der Waals surface area contributed by atoms with Crippen LogP contribution < -0.4 is 0 Å². The molecule has 2 aromatic rings. The zero-order valence-electron chi connectivity index (χ0n) is 10.2. The van der Waals surface area contributed by atoms with Crippen molar-refractivity contribution in [2.75, 3.05) is 5.75 Å². The standard InChI is InChI=1S/C14H10Br2O3S/c15-11-5-3-4-10(8-11)13(17)9-20(18,19)14-7-2-1-6-12(14)16/h1-8H,9H2. The summed E-state index contributed by atoms with van der Waals surface area (Å²) in [6, 6.07) is 13.1. The number of benzene rings is 2. The molecule has 2 aromatic carbocycles. The van der Waals surface area contributed by atoms with Gasteiger partial charge in [0.25, 0.3) is 0 Å². The second-order valence-electron chi connectivity index (χ2n) is 4.12. The number of sulfone groups is 1. The van der Waals surface area contributed by atoms with E-state index < -0.39 is 21.4 Å². The first-order valence-electron chi connectivity index (χ1n) is 5.66. The summed E-state index contributed by atoms with van der Waals surface area (Å²) in [5, 5.41) is 0. The van der Waals surface area contributed by atoms with Gasteiger partial charge in [-0.1, -0.05) is 40.2 Å². The van der Waals surface area contributed by atoms with Gasteiger partial charge >= 0.3 is 0 Å². The van der Waals surface area contributed by atoms with Gasteiger partial charge in [0, 0.05) is 14.5 Å². The summed E-state index contributed by atoms with van der Waals surface area (Å²) in [5.41, 5.74) is 0.370. The smallest absolute Gasteiger partial charge is 0.186 e. The molecular formula is C14H10Br2O3S. The van der Waals surface area contributed by atoms with Crippen molar-refractivity contribution in [3.63, 3.8) is 0 Å². The molecule has 3 nitrogen and oxygen atoms in total. The Labute approximate surface area is 134 Å². The Morgan fingerprint density at radius 1 is 1.00 bits per heavy atom. The molecule has 2 rings (SSSR count). The number of hydrogen-bond acceptors (Lipinski definition) is 3. The number of halogens is 2. The van der Waals surface area contributed by atoms with Gasteiger partial charge in [0.15, 0.2) is 15.6 Å². The van der Waals surface area contributed by atoms with E-state index >= 15 is 0 Å². The zero-order valence-corrected chi connectivity index (χ0v) is 14.2. The minimum absolute atomic E-state index is 0.128. The fourth-order valence-corrected chi connectivity index (χ4v) is 4.43. The molecule has 0 amide bonds. The van der Waals surface area contributed by atoms with E-state index in [1.807, 2.05) is 0 Å². The molecule has 0 aliphatic carbocycles. The van der Waals surface area contributed by atoms with Crippen molar-refractivity contribution in [1.82, 2.24) is 0 Å². The summed E-state index contributed by atoms with van der Waals surface area (Å²) >= 11 is 6.45. The highest BCUT2D eigenvalue weighted by Crippen LogP contribution is 2.23. The number of ketones is 1. The van der Waals surface area contributed by atoms with Crippen LogP contribution in [0.1, 0.15) is 10.4 Å². The summed E-state index contributed by atoms with van der Waals surface area (Å²) < 4.78 is 25.7. The van der Waals surface area contributed by atoms with Crippen LogP contribution >= 0.6 is 31.9 Å². The van der Waals surface area contributed by atoms with E-state index in [1.54, 1.807) is 42.5 Å². The van der Waals surface area contributed by atoms with Gasteiger partial charge in [0.05, 0.1) is 4.90 Å². The number of carbonyl (C=O) groups is 1. The first-order chi connectivity index (χ1) is 9.40. The van der Waals surface area contributed by atoms with Crippen molar-refractivity contribution < 1.29 is 13.2 Å². The summed E-state index contributed by atoms with van der Waals surface area (Å²) in [6.45, 7) is 0. The van der Waals surface area contributed by atoms with Gasteiger partial charge < -0.3 is 0 Å². The molecule has 0 radical (unpaired) electrons. The van der Waals surface area contributed by atoms with Gasteiger partial charge in [-0.3, -0.25) is 4.79 Å². The molecular weight excluding hydrogens is 408 g/mol. The van der Waals surface area contributed by atoms with Crippen LogP contribution in [-0.4, -0.2) is 20.0 Å². The van der Waals surface area contributed by atoms with Gasteiger partial charge in [0.2, 0.25) is 0 Å². The van der Waals surface area contributed by atoms with Crippen LogP contribution in [0.25, 0.3) is 0 Å². The van der Waals surface area contributed by atoms with Crippen molar-refractivity contribution in [3.05, 3.63) is 63.0 Å². The van der Waals surface area contributed by atoms with Crippen molar-refractivity contribution in [2.45, 2.75) is 4.90 Å². The number of Topliss-reactive ketones (excluding diaryl/α,β-unsaturated/α-hetero) is 1. The van der Waals surface area contributed by atoms with E-state index in [4.69, 9.17) is 0 Å². The SMILES string of the molecule is O=C(CS(=O)(=O)c1ccccc1Br)c1cccc(Br)c1. The van der Waals surface area contributed by atoms with Crippen LogP contribution in [-0.2, 0) is 9.84 Å². The fourth-order valence-electron chi connectivity index (χ4n) is 1.69. The monoisotopic (exact) mass is 416 g/mol. The maximum Gasteiger partial charge on any atom is 0.186 e. The largest absolute Gasteiger partial charge is 0.293 e. The third-order valence-corrected chi connectivity index (χ3v) is 5.75. The Kier molecular flexibility index (Phi) is 4.78. The Bertz CT molecular complexity index is 755. The average Bonchev–Trinajstić information content (AvgIpc) is 2.38. The number of rotatable bonds is 4. The molecule has 0 N–H and O–H groups in total. The third kappa shape index (κ3) is 3.56. The first kappa shape index (κ1) is 15.4. The van der Waals surface area contributed by atoms with E-state index in [9.17, 15) is 13.2 Å². The van der Waals surface area contributed by atoms with Crippen LogP contribution in [0.5, 0.6) is 0 Å². The molecule has 0 bridgehead atoms. The van der Waals surface area contributed by atoms with Crippen LogP contribution in [0.2, 0.25) is 0 Å². The molecule has 0 atom stereocenters. The highest BCUT2D eigenvalue weighted by molar-refractivity contribution is 9.10. The molecule has 0 saturated carbocycles. The second-order valence-corrected chi connectivity index (χ2v) is 7.85. The molecule has 6 heteroatoms. The van der Waals surface area contributed by atoms with Crippen molar-refractivity contribution in [1.29, 1.82) is 0 Å². The lowest BCUT2D eigenvalue weighted by Gasteiger charge is -2.06. The van der Waals surface area contributed by atoms with Gasteiger partial charge in [-0.25, -0.2) is 8.42 Å². The van der Waals surface area contributed by atoms with Crippen LogP contribution in [0.4, 0.5) is 0 Å². The fraction of sp³-hybridized carbons (Fsp3) is 0.0714. The highest BCUT2D eigenvalue weighted by Gasteiger charge is 2.22. The minimum Gasteiger partial charge on any atom is -0.293 e. The lowest BCUT2D eigenvalue weighted by Crippen LogP contribution is -2.16. The third-order valence-electron chi connectivity index (χ3n) is 2.64. The van der Waals surface area contributed by atoms with Crippen molar-refractivity contribution in [3.8, 4) is 0 Å². The molecule has 0 aliphatic heterocycles. The molecule has 0 heterocycles. The summed E-state index contributed by atoms with van der Waals surface area (Å²) in [5.74, 6) is -0.978. The van der Waals surface area contributed by atoms with E-state index in [1.165, 1.54) is 6.07 Å². The highest BCUT2D eigenvalue weighted by atomic mass is 79.9. The van der Waals surface area contributed by atoms with Gasteiger partial charge in [-0.05, 0) is 40.2 Å². The Hall–Kier alpha value is -0.980. The average molecular weight is 418 g/mol. The molecule has 0 aromatic heterocycles. The number of hydrogen-bond donors (Lipinski definition) is 0. The molecule has 0 fully saturated rings. The maximum absolute atomic E-state index is 12.3. The molecule has 0 spiro atoms. The Balaban J connectivity index is 2.30. The summed E-state index contributed by atoms with van der Waals surface area (Å²) in [6.07, 6.45) is 0. The molecule has 0 saturated heterocycles. The zero-order chi connectivity index (χ0) is 14.8. The van der Waals surface area contributed by atoms with Crippen LogP contribution in [0.3, 0.4) is 0 Å². The predicted molar refractivity (Wildman–Crippen MR) is 84.7 cm³/mol. The summed E-state index contributed by atoms with van der Waals surface area (Å²) in [4.78, 5) is 12.2. The topological polar surface area (TPSA) is 51.2 Å². The Morgan fingerprint density at radius 3 is 2.35 bits per heavy atom. The van der Waals surface area contributed by atoms with Gasteiger partial charge in [-0.2, -0.15) is 0 Å². The number of carbonyl (C=O) groups excluding carboxylic acids is 1. The lowest BCUT2D eigenvalue weighted by molar-refractivity contribution is 0.102. The van der Waals surface area contributed by atoms with Crippen LogP contribution in [0.15, 0.2) is 62.4 Å². The van der Waals surface area contributed by atoms with Crippen LogP contribution in [0, 0.1) is 0 Å². The minimum atomic E-state index is -3.66. The van der Waals surface area contributed by atoms with E-state index in [0.717, 1.165) is 4.47 Å². The molecule has 20 heavy (non-hydrogen) atoms. The predicted octanol–water partition coefficient (Wildman–Crippen LogP) is 3.87. The van der Waals surface area contributed by atoms with Crippen molar-refractivity contribution >= 4 is 47.5 Å². The van der Waals surface area contributed by atoms with Gasteiger partial charge in [-0.15, -0.1) is 0 Å². The van der Waals surface area contributed by atoms with E-state index in [0.29, 0.717) is 10.0 Å². The molecule has 104 valence electrons. The first-order valence-corrected chi connectivity index (χ1v) is 8.90. The molecule has 0 aliphatic rings. The van der Waals surface area contributed by atoms with E-state index in [2.05, 4.69) is 31.9 Å². The second kappa shape index (κ2) is 6.20. The van der Waals surface area contributed by atoms with E-state index in [-0.39, 0.29) is 4.90 Å². The maximum atomic E-state index is 12.3. The quantitative estimate of drug-likeness (QED) is 0.709. The van der Waals surface area contributed by atoms with Gasteiger partial charge in [0.1, 0.15) is 5.75 Å².